The fraction of sp³-hybridized carbons (Fsp3) is 0.350. The lowest BCUT2D eigenvalue weighted by molar-refractivity contribution is -0.126. The quantitative estimate of drug-likeness (QED) is 0.711. The fourth-order valence-corrected chi connectivity index (χ4v) is 5.18. The second-order valence-electron chi connectivity index (χ2n) is 7.03. The summed E-state index contributed by atoms with van der Waals surface area (Å²) in [4.78, 5) is 12.4. The van der Waals surface area contributed by atoms with Gasteiger partial charge < -0.3 is 5.32 Å². The number of sulfonamides is 1. The summed E-state index contributed by atoms with van der Waals surface area (Å²) in [6.07, 6.45) is 0.880. The van der Waals surface area contributed by atoms with Crippen molar-refractivity contribution in [2.75, 3.05) is 13.1 Å². The highest BCUT2D eigenvalue weighted by atomic mass is 35.5. The Hall–Kier alpha value is -1.67. The first-order valence-corrected chi connectivity index (χ1v) is 11.5. The van der Waals surface area contributed by atoms with Gasteiger partial charge >= 0.3 is 0 Å². The number of rotatable bonds is 6. The molecule has 1 aliphatic rings. The minimum atomic E-state index is -3.52. The third kappa shape index (κ3) is 5.92. The van der Waals surface area contributed by atoms with Gasteiger partial charge in [0.15, 0.2) is 0 Å². The number of nitrogens with one attached hydrogen (secondary N) is 1. The van der Waals surface area contributed by atoms with Gasteiger partial charge in [0.25, 0.3) is 0 Å². The smallest absolute Gasteiger partial charge is 0.223 e. The lowest BCUT2D eigenvalue weighted by atomic mass is 9.97. The van der Waals surface area contributed by atoms with Crippen LogP contribution in [-0.2, 0) is 27.1 Å². The molecule has 29 heavy (non-hydrogen) atoms. The van der Waals surface area contributed by atoms with E-state index in [1.165, 1.54) is 16.4 Å². The Bertz CT molecular complexity index is 993. The van der Waals surface area contributed by atoms with Gasteiger partial charge in [-0.25, -0.2) is 17.1 Å². The highest BCUT2D eigenvalue weighted by molar-refractivity contribution is 7.88. The summed E-state index contributed by atoms with van der Waals surface area (Å²) in [5, 5.41) is 3.49. The number of piperidine rings is 1. The van der Waals surface area contributed by atoms with Crippen molar-refractivity contribution in [3.63, 3.8) is 0 Å². The second kappa shape index (κ2) is 9.43. The Morgan fingerprint density at radius 1 is 1.07 bits per heavy atom. The molecule has 0 radical (unpaired) electrons. The van der Waals surface area contributed by atoms with Gasteiger partial charge in [0.1, 0.15) is 5.82 Å². The van der Waals surface area contributed by atoms with Gasteiger partial charge in [0.05, 0.1) is 15.8 Å². The molecular formula is C20H21Cl2FN2O3S. The SMILES string of the molecule is O=C(NCc1cccc(F)c1)C1CCN(S(=O)(=O)Cc2ccc(Cl)c(Cl)c2)CC1. The Morgan fingerprint density at radius 2 is 1.79 bits per heavy atom. The van der Waals surface area contributed by atoms with Crippen molar-refractivity contribution >= 4 is 39.1 Å². The van der Waals surface area contributed by atoms with Crippen LogP contribution in [0.4, 0.5) is 4.39 Å². The first-order valence-electron chi connectivity index (χ1n) is 9.18. The van der Waals surface area contributed by atoms with Crippen LogP contribution in [0.25, 0.3) is 0 Å². The number of benzene rings is 2. The van der Waals surface area contributed by atoms with Gasteiger partial charge in [-0.15, -0.1) is 0 Å². The van der Waals surface area contributed by atoms with Crippen molar-refractivity contribution in [3.05, 3.63) is 69.5 Å². The van der Waals surface area contributed by atoms with Crippen LogP contribution in [0.3, 0.4) is 0 Å². The van der Waals surface area contributed by atoms with Crippen molar-refractivity contribution in [3.8, 4) is 0 Å². The van der Waals surface area contributed by atoms with Crippen molar-refractivity contribution in [2.24, 2.45) is 5.92 Å². The maximum atomic E-state index is 13.2. The van der Waals surface area contributed by atoms with E-state index in [1.54, 1.807) is 30.3 Å². The summed E-state index contributed by atoms with van der Waals surface area (Å²) >= 11 is 11.8. The van der Waals surface area contributed by atoms with Gasteiger partial charge in [-0.05, 0) is 48.2 Å². The van der Waals surface area contributed by atoms with Crippen LogP contribution >= 0.6 is 23.2 Å². The summed E-state index contributed by atoms with van der Waals surface area (Å²) < 4.78 is 40.0. The van der Waals surface area contributed by atoms with Crippen molar-refractivity contribution in [1.82, 2.24) is 9.62 Å². The topological polar surface area (TPSA) is 66.5 Å². The van der Waals surface area contributed by atoms with Crippen LogP contribution in [-0.4, -0.2) is 31.7 Å². The number of carbonyl (C=O) groups is 1. The number of carbonyl (C=O) groups excluding carboxylic acids is 1. The van der Waals surface area contributed by atoms with Crippen molar-refractivity contribution in [1.29, 1.82) is 0 Å². The Morgan fingerprint density at radius 3 is 2.45 bits per heavy atom. The zero-order chi connectivity index (χ0) is 21.0. The van der Waals surface area contributed by atoms with Crippen molar-refractivity contribution < 1.29 is 17.6 Å². The minimum absolute atomic E-state index is 0.143. The maximum absolute atomic E-state index is 13.2. The lowest BCUT2D eigenvalue weighted by Gasteiger charge is -2.30. The molecule has 0 spiro atoms. The molecule has 0 bridgehead atoms. The van der Waals surface area contributed by atoms with Crippen LogP contribution in [0.15, 0.2) is 42.5 Å². The number of nitrogens with zero attached hydrogens (tertiary/aromatic N) is 1. The summed E-state index contributed by atoms with van der Waals surface area (Å²) in [5.41, 5.74) is 1.24. The normalized spacial score (nSPS) is 16.0. The minimum Gasteiger partial charge on any atom is -0.352 e. The van der Waals surface area contributed by atoms with Crippen LogP contribution in [0, 0.1) is 11.7 Å². The molecule has 1 aliphatic heterocycles. The van der Waals surface area contributed by atoms with Gasteiger partial charge in [-0.1, -0.05) is 41.4 Å². The maximum Gasteiger partial charge on any atom is 0.223 e. The summed E-state index contributed by atoms with van der Waals surface area (Å²) in [7, 11) is -3.52. The van der Waals surface area contributed by atoms with E-state index in [1.807, 2.05) is 0 Å². The van der Waals surface area contributed by atoms with Gasteiger partial charge in [-0.2, -0.15) is 0 Å². The summed E-state index contributed by atoms with van der Waals surface area (Å²) in [6, 6.07) is 10.8. The molecule has 1 N–H and O–H groups in total. The van der Waals surface area contributed by atoms with Crippen LogP contribution in [0.5, 0.6) is 0 Å². The van der Waals surface area contributed by atoms with E-state index in [0.29, 0.717) is 34.0 Å². The Balaban J connectivity index is 1.52. The molecule has 0 saturated carbocycles. The fourth-order valence-electron chi connectivity index (χ4n) is 3.31. The second-order valence-corrected chi connectivity index (χ2v) is 9.81. The molecule has 1 heterocycles. The molecule has 0 atom stereocenters. The van der Waals surface area contributed by atoms with Gasteiger partial charge in [0, 0.05) is 25.6 Å². The molecule has 0 unspecified atom stereocenters. The molecular weight excluding hydrogens is 438 g/mol. The van der Waals surface area contributed by atoms with E-state index in [0.717, 1.165) is 0 Å². The number of amides is 1. The number of hydrogen-bond donors (Lipinski definition) is 1. The molecule has 9 heteroatoms. The van der Waals surface area contributed by atoms with Crippen LogP contribution < -0.4 is 5.32 Å². The molecule has 0 aromatic heterocycles. The molecule has 1 saturated heterocycles. The van der Waals surface area contributed by atoms with E-state index >= 15 is 0 Å². The summed E-state index contributed by atoms with van der Waals surface area (Å²) in [5.74, 6) is -0.923. The summed E-state index contributed by atoms with van der Waals surface area (Å²) in [6.45, 7) is 0.801. The largest absolute Gasteiger partial charge is 0.352 e. The van der Waals surface area contributed by atoms with Crippen LogP contribution in [0.1, 0.15) is 24.0 Å². The molecule has 1 amide bonds. The van der Waals surface area contributed by atoms with Gasteiger partial charge in [-0.3, -0.25) is 4.79 Å². The third-order valence-electron chi connectivity index (χ3n) is 4.91. The lowest BCUT2D eigenvalue weighted by Crippen LogP contribution is -2.43. The molecule has 3 rings (SSSR count). The van der Waals surface area contributed by atoms with Crippen molar-refractivity contribution in [2.45, 2.75) is 25.1 Å². The van der Waals surface area contributed by atoms with E-state index in [4.69, 9.17) is 23.2 Å². The first kappa shape index (κ1) is 22.0. The van der Waals surface area contributed by atoms with E-state index in [9.17, 15) is 17.6 Å². The monoisotopic (exact) mass is 458 g/mol. The van der Waals surface area contributed by atoms with E-state index < -0.39 is 10.0 Å². The molecule has 5 nitrogen and oxygen atoms in total. The average molecular weight is 459 g/mol. The highest BCUT2D eigenvalue weighted by Gasteiger charge is 2.31. The van der Waals surface area contributed by atoms with Gasteiger partial charge in [0.2, 0.25) is 15.9 Å². The first-order chi connectivity index (χ1) is 13.7. The molecule has 1 fully saturated rings. The highest BCUT2D eigenvalue weighted by Crippen LogP contribution is 2.26. The average Bonchev–Trinajstić information content (AvgIpc) is 2.69. The number of halogens is 3. The Kier molecular flexibility index (Phi) is 7.16. The third-order valence-corrected chi connectivity index (χ3v) is 7.50. The van der Waals surface area contributed by atoms with E-state index in [-0.39, 0.29) is 43.0 Å². The molecule has 156 valence electrons. The molecule has 2 aromatic carbocycles. The zero-order valence-corrected chi connectivity index (χ0v) is 17.9. The van der Waals surface area contributed by atoms with E-state index in [2.05, 4.69) is 5.32 Å². The van der Waals surface area contributed by atoms with Crippen LogP contribution in [0.2, 0.25) is 10.0 Å². The zero-order valence-electron chi connectivity index (χ0n) is 15.6. The standard InChI is InChI=1S/C20H21Cl2FN2O3S/c21-18-5-4-15(11-19(18)22)13-29(27,28)25-8-6-16(7-9-25)20(26)24-12-14-2-1-3-17(23)10-14/h1-5,10-11,16H,6-9,12-13H2,(H,24,26). The predicted octanol–water partition coefficient (Wildman–Crippen LogP) is 3.99. The molecule has 0 aliphatic carbocycles. The predicted molar refractivity (Wildman–Crippen MR) is 112 cm³/mol. The number of hydrogen-bond acceptors (Lipinski definition) is 3. The Labute approximate surface area is 179 Å². The molecule has 2 aromatic rings.